The number of aryl methyl sites for hydroxylation is 1. The molecule has 150 valence electrons. The van der Waals surface area contributed by atoms with Crippen LogP contribution in [0.3, 0.4) is 0 Å². The maximum absolute atomic E-state index is 13.5. The van der Waals surface area contributed by atoms with Gasteiger partial charge in [0.05, 0.1) is 29.1 Å². The standard InChI is InChI=1S/C20H32N4O3/c1-7-24-20(5,6)10-15(21-24)16-9-14(25)11-23(16)19(26)18(12(2)3)17-8-13(4)22-27-17/h8,12,14,16,18,25H,7,9-11H2,1-6H3/t14-,16+,18+/m1/s1. The minimum Gasteiger partial charge on any atom is -0.391 e. The van der Waals surface area contributed by atoms with E-state index in [1.165, 1.54) is 0 Å². The highest BCUT2D eigenvalue weighted by molar-refractivity contribution is 5.96. The van der Waals surface area contributed by atoms with Gasteiger partial charge < -0.3 is 14.5 Å². The van der Waals surface area contributed by atoms with E-state index in [1.807, 2.05) is 26.8 Å². The van der Waals surface area contributed by atoms with Crippen LogP contribution in [0.5, 0.6) is 0 Å². The first-order chi connectivity index (χ1) is 12.6. The molecule has 0 aromatic carbocycles. The fraction of sp³-hybridized carbons (Fsp3) is 0.750. The predicted octanol–water partition coefficient (Wildman–Crippen LogP) is 2.54. The summed E-state index contributed by atoms with van der Waals surface area (Å²) in [5.74, 6) is 0.239. The topological polar surface area (TPSA) is 82.2 Å². The molecule has 3 rings (SSSR count). The van der Waals surface area contributed by atoms with Gasteiger partial charge in [-0.05, 0) is 33.6 Å². The van der Waals surface area contributed by atoms with Gasteiger partial charge in [-0.1, -0.05) is 19.0 Å². The van der Waals surface area contributed by atoms with Crippen molar-refractivity contribution in [2.75, 3.05) is 13.1 Å². The molecule has 1 amide bonds. The fourth-order valence-corrected chi connectivity index (χ4v) is 4.36. The highest BCUT2D eigenvalue weighted by Crippen LogP contribution is 2.35. The van der Waals surface area contributed by atoms with Gasteiger partial charge in [-0.15, -0.1) is 0 Å². The van der Waals surface area contributed by atoms with Gasteiger partial charge in [0.2, 0.25) is 5.91 Å². The molecule has 1 N–H and O–H groups in total. The van der Waals surface area contributed by atoms with Gasteiger partial charge in [0.1, 0.15) is 11.7 Å². The van der Waals surface area contributed by atoms with Crippen molar-refractivity contribution in [2.45, 2.75) is 78.0 Å². The van der Waals surface area contributed by atoms with Crippen LogP contribution in [0.1, 0.15) is 64.8 Å². The largest absolute Gasteiger partial charge is 0.391 e. The lowest BCUT2D eigenvalue weighted by molar-refractivity contribution is -0.134. The molecule has 27 heavy (non-hydrogen) atoms. The maximum Gasteiger partial charge on any atom is 0.234 e. The fourth-order valence-electron chi connectivity index (χ4n) is 4.36. The van der Waals surface area contributed by atoms with Gasteiger partial charge in [0, 0.05) is 32.0 Å². The Bertz CT molecular complexity index is 725. The summed E-state index contributed by atoms with van der Waals surface area (Å²) in [6.45, 7) is 13.5. The molecule has 0 radical (unpaired) electrons. The number of carbonyl (C=O) groups is 1. The molecule has 7 heteroatoms. The Hall–Kier alpha value is -1.89. The molecule has 1 fully saturated rings. The summed E-state index contributed by atoms with van der Waals surface area (Å²) in [5, 5.41) is 21.2. The average Bonchev–Trinajstić information content (AvgIpc) is 3.24. The molecule has 3 atom stereocenters. The first kappa shape index (κ1) is 19.9. The first-order valence-electron chi connectivity index (χ1n) is 9.90. The quantitative estimate of drug-likeness (QED) is 0.854. The van der Waals surface area contributed by atoms with Gasteiger partial charge >= 0.3 is 0 Å². The molecule has 1 saturated heterocycles. The third kappa shape index (κ3) is 3.74. The smallest absolute Gasteiger partial charge is 0.234 e. The number of amides is 1. The normalized spacial score (nSPS) is 26.0. The molecule has 2 aliphatic rings. The SMILES string of the molecule is CCN1N=C([C@@H]2C[C@@H](O)CN2C(=O)[C@H](c2cc(C)no2)C(C)C)CC1(C)C. The zero-order valence-corrected chi connectivity index (χ0v) is 17.3. The van der Waals surface area contributed by atoms with Crippen molar-refractivity contribution in [3.05, 3.63) is 17.5 Å². The summed E-state index contributed by atoms with van der Waals surface area (Å²) in [5.41, 5.74) is 1.69. The lowest BCUT2D eigenvalue weighted by Crippen LogP contribution is -2.44. The third-order valence-electron chi connectivity index (χ3n) is 5.69. The molecule has 0 saturated carbocycles. The number of β-amino-alcohol motifs (C(OH)–C–C–N with tert-alkyl or cyclic N) is 1. The van der Waals surface area contributed by atoms with Crippen molar-refractivity contribution in [3.63, 3.8) is 0 Å². The Balaban J connectivity index is 1.88. The van der Waals surface area contributed by atoms with Gasteiger partial charge in [0.15, 0.2) is 0 Å². The third-order valence-corrected chi connectivity index (χ3v) is 5.69. The van der Waals surface area contributed by atoms with Crippen LogP contribution in [0.2, 0.25) is 0 Å². The molecular formula is C20H32N4O3. The van der Waals surface area contributed by atoms with E-state index < -0.39 is 12.0 Å². The molecule has 0 spiro atoms. The van der Waals surface area contributed by atoms with E-state index in [4.69, 9.17) is 9.62 Å². The Kier molecular flexibility index (Phi) is 5.34. The number of hydrazone groups is 1. The van der Waals surface area contributed by atoms with Crippen molar-refractivity contribution < 1.29 is 14.4 Å². The number of aliphatic hydroxyl groups excluding tert-OH is 1. The van der Waals surface area contributed by atoms with Gasteiger partial charge in [-0.3, -0.25) is 9.80 Å². The van der Waals surface area contributed by atoms with E-state index in [2.05, 4.69) is 30.9 Å². The Morgan fingerprint density at radius 3 is 2.67 bits per heavy atom. The number of hydrogen-bond acceptors (Lipinski definition) is 6. The molecule has 1 aromatic rings. The molecule has 0 bridgehead atoms. The van der Waals surface area contributed by atoms with Crippen molar-refractivity contribution in [3.8, 4) is 0 Å². The van der Waals surface area contributed by atoms with Crippen molar-refractivity contribution in [1.29, 1.82) is 0 Å². The van der Waals surface area contributed by atoms with E-state index >= 15 is 0 Å². The number of aliphatic hydroxyl groups is 1. The zero-order chi connectivity index (χ0) is 19.9. The van der Waals surface area contributed by atoms with Crippen LogP contribution in [0.4, 0.5) is 0 Å². The van der Waals surface area contributed by atoms with Crippen LogP contribution in [0.15, 0.2) is 15.7 Å². The van der Waals surface area contributed by atoms with Crippen molar-refractivity contribution in [2.24, 2.45) is 11.0 Å². The lowest BCUT2D eigenvalue weighted by atomic mass is 9.90. The van der Waals surface area contributed by atoms with Crippen LogP contribution in [0.25, 0.3) is 0 Å². The van der Waals surface area contributed by atoms with Gasteiger partial charge in [0.25, 0.3) is 0 Å². The van der Waals surface area contributed by atoms with E-state index in [1.54, 1.807) is 4.90 Å². The molecule has 3 heterocycles. The van der Waals surface area contributed by atoms with Crippen molar-refractivity contribution >= 4 is 11.6 Å². The molecular weight excluding hydrogens is 344 g/mol. The second-order valence-electron chi connectivity index (χ2n) is 8.78. The average molecular weight is 377 g/mol. The number of aromatic nitrogens is 1. The zero-order valence-electron chi connectivity index (χ0n) is 17.3. The molecule has 1 aromatic heterocycles. The Labute approximate surface area is 161 Å². The Morgan fingerprint density at radius 2 is 2.15 bits per heavy atom. The second-order valence-corrected chi connectivity index (χ2v) is 8.78. The van der Waals surface area contributed by atoms with Gasteiger partial charge in [-0.2, -0.15) is 5.10 Å². The highest BCUT2D eigenvalue weighted by Gasteiger charge is 2.45. The summed E-state index contributed by atoms with van der Waals surface area (Å²) in [7, 11) is 0. The van der Waals surface area contributed by atoms with Crippen LogP contribution < -0.4 is 0 Å². The number of rotatable bonds is 5. The predicted molar refractivity (Wildman–Crippen MR) is 103 cm³/mol. The maximum atomic E-state index is 13.5. The molecule has 7 nitrogen and oxygen atoms in total. The highest BCUT2D eigenvalue weighted by atomic mass is 16.5. The van der Waals surface area contributed by atoms with E-state index in [0.29, 0.717) is 18.7 Å². The summed E-state index contributed by atoms with van der Waals surface area (Å²) < 4.78 is 5.43. The van der Waals surface area contributed by atoms with Gasteiger partial charge in [-0.25, -0.2) is 0 Å². The number of likely N-dealkylation sites (tertiary alicyclic amines) is 1. The first-order valence-corrected chi connectivity index (χ1v) is 9.90. The van der Waals surface area contributed by atoms with E-state index in [0.717, 1.165) is 24.4 Å². The Morgan fingerprint density at radius 1 is 1.44 bits per heavy atom. The second kappa shape index (κ2) is 7.26. The molecule has 0 unspecified atom stereocenters. The molecule has 0 aliphatic carbocycles. The van der Waals surface area contributed by atoms with E-state index in [9.17, 15) is 9.90 Å². The minimum atomic E-state index is -0.523. The number of carbonyl (C=O) groups excluding carboxylic acids is 1. The summed E-state index contributed by atoms with van der Waals surface area (Å²) in [6, 6.07) is 1.67. The van der Waals surface area contributed by atoms with Crippen LogP contribution in [-0.4, -0.2) is 62.6 Å². The monoisotopic (exact) mass is 376 g/mol. The van der Waals surface area contributed by atoms with Crippen LogP contribution in [-0.2, 0) is 4.79 Å². The summed E-state index contributed by atoms with van der Waals surface area (Å²) in [6.07, 6.45) is 0.818. The van der Waals surface area contributed by atoms with Crippen molar-refractivity contribution in [1.82, 2.24) is 15.1 Å². The minimum absolute atomic E-state index is 0.0156. The number of nitrogens with zero attached hydrogens (tertiary/aromatic N) is 4. The van der Waals surface area contributed by atoms with E-state index in [-0.39, 0.29) is 23.4 Å². The molecule has 2 aliphatic heterocycles. The lowest BCUT2D eigenvalue weighted by Gasteiger charge is -2.30. The van der Waals surface area contributed by atoms with Crippen LogP contribution in [0, 0.1) is 12.8 Å². The number of hydrogen-bond donors (Lipinski definition) is 1. The summed E-state index contributed by atoms with van der Waals surface area (Å²) >= 11 is 0. The summed E-state index contributed by atoms with van der Waals surface area (Å²) in [4.78, 5) is 15.3. The van der Waals surface area contributed by atoms with Crippen LogP contribution >= 0.6 is 0 Å².